The first-order valence-electron chi connectivity index (χ1n) is 9.73. The second-order valence-corrected chi connectivity index (χ2v) is 7.82. The molecule has 2 rings (SSSR count). The first kappa shape index (κ1) is 20.3. The number of hydrogen-bond acceptors (Lipinski definition) is 2. The van der Waals surface area contributed by atoms with E-state index in [1.54, 1.807) is 19.0 Å². The molecule has 0 aliphatic carbocycles. The Morgan fingerprint density at radius 2 is 1.88 bits per heavy atom. The van der Waals surface area contributed by atoms with Crippen LogP contribution < -0.4 is 5.32 Å². The number of likely N-dealkylation sites (N-methyl/N-ethyl adjacent to an activating group) is 1. The number of aliphatic imine (C=N–C) groups is 1. The van der Waals surface area contributed by atoms with Gasteiger partial charge in [0.25, 0.3) is 0 Å². The number of nitrogens with zero attached hydrogens (tertiary/aromatic N) is 3. The van der Waals surface area contributed by atoms with Gasteiger partial charge >= 0.3 is 0 Å². The normalized spacial score (nSPS) is 16.0. The van der Waals surface area contributed by atoms with Gasteiger partial charge in [-0.3, -0.25) is 4.79 Å². The first-order chi connectivity index (χ1) is 12.5. The summed E-state index contributed by atoms with van der Waals surface area (Å²) in [5.41, 5.74) is 1.43. The molecular formula is C21H34N4O. The summed E-state index contributed by atoms with van der Waals surface area (Å²) >= 11 is 0. The van der Waals surface area contributed by atoms with Crippen LogP contribution >= 0.6 is 0 Å². The highest BCUT2D eigenvalue weighted by Crippen LogP contribution is 2.21. The molecule has 1 N–H and O–H groups in total. The number of amides is 1. The van der Waals surface area contributed by atoms with E-state index in [-0.39, 0.29) is 12.5 Å². The topological polar surface area (TPSA) is 47.9 Å². The van der Waals surface area contributed by atoms with Crippen molar-refractivity contribution in [3.05, 3.63) is 35.9 Å². The second-order valence-electron chi connectivity index (χ2n) is 7.82. The monoisotopic (exact) mass is 358 g/mol. The van der Waals surface area contributed by atoms with Gasteiger partial charge < -0.3 is 15.1 Å². The molecule has 0 saturated carbocycles. The predicted octanol–water partition coefficient (Wildman–Crippen LogP) is 2.63. The molecule has 1 fully saturated rings. The standard InChI is InChI=1S/C21H34N4O/c1-17(2)15-22-21(23-16-20(26)24(3)4)25-12-10-19(11-13-25)14-18-8-6-5-7-9-18/h5-9,17,19H,10-16H2,1-4H3,(H,22,23). The minimum atomic E-state index is 0.0350. The SMILES string of the molecule is CC(C)CNC(=NCC(=O)N(C)C)N1CCC(Cc2ccccc2)CC1. The van der Waals surface area contributed by atoms with E-state index in [2.05, 4.69) is 59.4 Å². The molecule has 1 amide bonds. The average Bonchev–Trinajstić information content (AvgIpc) is 2.63. The molecule has 5 nitrogen and oxygen atoms in total. The maximum Gasteiger partial charge on any atom is 0.243 e. The molecule has 0 bridgehead atoms. The van der Waals surface area contributed by atoms with Crippen LogP contribution in [-0.2, 0) is 11.2 Å². The second kappa shape index (κ2) is 10.2. The molecule has 0 aromatic heterocycles. The van der Waals surface area contributed by atoms with Gasteiger partial charge in [0.05, 0.1) is 0 Å². The largest absolute Gasteiger partial charge is 0.356 e. The van der Waals surface area contributed by atoms with Crippen molar-refractivity contribution in [2.24, 2.45) is 16.8 Å². The summed E-state index contributed by atoms with van der Waals surface area (Å²) in [5.74, 6) is 2.18. The van der Waals surface area contributed by atoms with E-state index in [9.17, 15) is 4.79 Å². The summed E-state index contributed by atoms with van der Waals surface area (Å²) in [6.45, 7) is 7.44. The first-order valence-corrected chi connectivity index (χ1v) is 9.73. The van der Waals surface area contributed by atoms with Crippen LogP contribution in [0.4, 0.5) is 0 Å². The third kappa shape index (κ3) is 6.70. The van der Waals surface area contributed by atoms with E-state index in [1.807, 2.05) is 0 Å². The molecule has 0 radical (unpaired) electrons. The molecule has 1 aliphatic heterocycles. The molecule has 0 spiro atoms. The van der Waals surface area contributed by atoms with Crippen molar-refractivity contribution < 1.29 is 4.79 Å². The number of piperidine rings is 1. The van der Waals surface area contributed by atoms with E-state index in [0.29, 0.717) is 5.92 Å². The van der Waals surface area contributed by atoms with Crippen LogP contribution in [0.15, 0.2) is 35.3 Å². The van der Waals surface area contributed by atoms with Crippen molar-refractivity contribution >= 4 is 11.9 Å². The van der Waals surface area contributed by atoms with Gasteiger partial charge in [-0.25, -0.2) is 4.99 Å². The average molecular weight is 359 g/mol. The molecule has 1 saturated heterocycles. The van der Waals surface area contributed by atoms with E-state index in [0.717, 1.165) is 37.9 Å². The lowest BCUT2D eigenvalue weighted by molar-refractivity contribution is -0.127. The fourth-order valence-electron chi connectivity index (χ4n) is 3.14. The Labute approximate surface area is 158 Å². The Hall–Kier alpha value is -2.04. The highest BCUT2D eigenvalue weighted by atomic mass is 16.2. The van der Waals surface area contributed by atoms with Gasteiger partial charge in [0.15, 0.2) is 5.96 Å². The van der Waals surface area contributed by atoms with Gasteiger partial charge in [-0.1, -0.05) is 44.2 Å². The van der Waals surface area contributed by atoms with Gasteiger partial charge in [0, 0.05) is 33.7 Å². The zero-order valence-electron chi connectivity index (χ0n) is 16.7. The van der Waals surface area contributed by atoms with Crippen molar-refractivity contribution in [3.63, 3.8) is 0 Å². The molecule has 0 atom stereocenters. The predicted molar refractivity (Wildman–Crippen MR) is 108 cm³/mol. The maximum atomic E-state index is 11.9. The van der Waals surface area contributed by atoms with E-state index < -0.39 is 0 Å². The molecule has 1 aromatic rings. The highest BCUT2D eigenvalue weighted by Gasteiger charge is 2.22. The zero-order chi connectivity index (χ0) is 18.9. The summed E-state index contributed by atoms with van der Waals surface area (Å²) < 4.78 is 0. The zero-order valence-corrected chi connectivity index (χ0v) is 16.7. The van der Waals surface area contributed by atoms with Gasteiger partial charge in [-0.2, -0.15) is 0 Å². The van der Waals surface area contributed by atoms with Gasteiger partial charge in [-0.15, -0.1) is 0 Å². The fraction of sp³-hybridized carbons (Fsp3) is 0.619. The van der Waals surface area contributed by atoms with Crippen LogP contribution in [0.5, 0.6) is 0 Å². The Morgan fingerprint density at radius 1 is 1.23 bits per heavy atom. The van der Waals surface area contributed by atoms with Crippen LogP contribution in [-0.4, -0.2) is 61.9 Å². The summed E-state index contributed by atoms with van der Waals surface area (Å²) in [6.07, 6.45) is 3.48. The third-order valence-corrected chi connectivity index (χ3v) is 4.81. The number of benzene rings is 1. The minimum Gasteiger partial charge on any atom is -0.356 e. The number of carbonyl (C=O) groups is 1. The molecule has 5 heteroatoms. The summed E-state index contributed by atoms with van der Waals surface area (Å²) in [7, 11) is 3.54. The number of likely N-dealkylation sites (tertiary alicyclic amines) is 1. The quantitative estimate of drug-likeness (QED) is 0.628. The Bertz CT molecular complexity index is 575. The van der Waals surface area contributed by atoms with Crippen molar-refractivity contribution in [2.45, 2.75) is 33.1 Å². The van der Waals surface area contributed by atoms with Crippen molar-refractivity contribution in [1.82, 2.24) is 15.1 Å². The lowest BCUT2D eigenvalue weighted by Crippen LogP contribution is -2.47. The molecule has 1 aromatic carbocycles. The fourth-order valence-corrected chi connectivity index (χ4v) is 3.14. The van der Waals surface area contributed by atoms with E-state index >= 15 is 0 Å². The molecule has 1 aliphatic rings. The van der Waals surface area contributed by atoms with Gasteiger partial charge in [0.1, 0.15) is 6.54 Å². The molecule has 144 valence electrons. The van der Waals surface area contributed by atoms with Crippen LogP contribution in [0.25, 0.3) is 0 Å². The van der Waals surface area contributed by atoms with Gasteiger partial charge in [0.2, 0.25) is 5.91 Å². The lowest BCUT2D eigenvalue weighted by Gasteiger charge is -2.34. The van der Waals surface area contributed by atoms with Crippen LogP contribution in [0, 0.1) is 11.8 Å². The number of carbonyl (C=O) groups excluding carboxylic acids is 1. The van der Waals surface area contributed by atoms with E-state index in [1.165, 1.54) is 18.4 Å². The molecule has 26 heavy (non-hydrogen) atoms. The smallest absolute Gasteiger partial charge is 0.243 e. The van der Waals surface area contributed by atoms with Crippen molar-refractivity contribution in [2.75, 3.05) is 40.3 Å². The number of rotatable bonds is 6. The molecule has 0 unspecified atom stereocenters. The van der Waals surface area contributed by atoms with Crippen LogP contribution in [0.1, 0.15) is 32.3 Å². The number of nitrogens with one attached hydrogen (secondary N) is 1. The van der Waals surface area contributed by atoms with Crippen molar-refractivity contribution in [1.29, 1.82) is 0 Å². The number of guanidine groups is 1. The summed E-state index contributed by atoms with van der Waals surface area (Å²) in [5, 5.41) is 3.45. The lowest BCUT2D eigenvalue weighted by atomic mass is 9.90. The molecular weight excluding hydrogens is 324 g/mol. The summed E-state index contributed by atoms with van der Waals surface area (Å²) in [4.78, 5) is 20.4. The van der Waals surface area contributed by atoms with Gasteiger partial charge in [-0.05, 0) is 36.7 Å². The maximum absolute atomic E-state index is 11.9. The Kier molecular flexibility index (Phi) is 7.95. The van der Waals surface area contributed by atoms with E-state index in [4.69, 9.17) is 0 Å². The number of hydrogen-bond donors (Lipinski definition) is 1. The molecule has 1 heterocycles. The van der Waals surface area contributed by atoms with Crippen LogP contribution in [0.2, 0.25) is 0 Å². The summed E-state index contributed by atoms with van der Waals surface area (Å²) in [6, 6.07) is 10.7. The Balaban J connectivity index is 1.91. The third-order valence-electron chi connectivity index (χ3n) is 4.81. The highest BCUT2D eigenvalue weighted by molar-refractivity contribution is 5.84. The minimum absolute atomic E-state index is 0.0350. The van der Waals surface area contributed by atoms with Crippen molar-refractivity contribution in [3.8, 4) is 0 Å². The van der Waals surface area contributed by atoms with Crippen LogP contribution in [0.3, 0.4) is 0 Å². The Morgan fingerprint density at radius 3 is 2.46 bits per heavy atom.